The van der Waals surface area contributed by atoms with Gasteiger partial charge in [-0.15, -0.1) is 0 Å². The van der Waals surface area contributed by atoms with Crippen LogP contribution in [0.3, 0.4) is 0 Å². The molecule has 0 aromatic heterocycles. The molecule has 3 unspecified atom stereocenters. The largest absolute Gasteiger partial charge is 0.508 e. The van der Waals surface area contributed by atoms with Gasteiger partial charge in [0, 0.05) is 24.8 Å². The van der Waals surface area contributed by atoms with Crippen molar-refractivity contribution >= 4 is 0 Å². The minimum atomic E-state index is -0.167. The van der Waals surface area contributed by atoms with Crippen molar-refractivity contribution in [1.29, 1.82) is 0 Å². The molecule has 0 aliphatic heterocycles. The van der Waals surface area contributed by atoms with Gasteiger partial charge >= 0.3 is 0 Å². The fraction of sp³-hybridized carbons (Fsp3) is 0.750. The molecule has 0 heterocycles. The van der Waals surface area contributed by atoms with Crippen molar-refractivity contribution in [2.24, 2.45) is 0 Å². The van der Waals surface area contributed by atoms with Gasteiger partial charge < -0.3 is 19.3 Å². The Labute approximate surface area is 621 Å². The zero-order valence-corrected chi connectivity index (χ0v) is 68.3. The van der Waals surface area contributed by atoms with Gasteiger partial charge in [0.15, 0.2) is 0 Å². The van der Waals surface area contributed by atoms with Crippen LogP contribution in [-0.4, -0.2) is 23.4 Å². The van der Waals surface area contributed by atoms with E-state index in [2.05, 4.69) is 126 Å². The summed E-state index contributed by atoms with van der Waals surface area (Å²) in [4.78, 5) is 0. The number of aryl methyl sites for hydroxylation is 3. The first-order chi connectivity index (χ1) is 49.0. The van der Waals surface area contributed by atoms with E-state index in [0.717, 1.165) is 80.6 Å². The Kier molecular flexibility index (Phi) is 50.8. The second-order valence-electron chi connectivity index (χ2n) is 31.6. The van der Waals surface area contributed by atoms with E-state index in [-0.39, 0.29) is 18.3 Å². The standard InChI is InChI=1S/C96H162O4/c1-13-22-31-40-49-58-81-68-72-94(88(64-55-46-37-28-19-7)85(81)61-52-43-34-25-16-4)98-78(10)75-84-67-71-93(97)92(77-80(12)100-96-74-70-83(60-51-42-33-24-15-3)87(63-54-45-36-27-18-6)90(96)66-57-48-39-30-21-9)91(84)76-79(11)99-95-73-69-82(59-50-41-32-23-14-2)86(62-53-44-35-26-17-5)89(95)65-56-47-38-29-20-8/h67-74,78-80,97H,13-66,75-77H2,1-12H3. The molecule has 4 rings (SSSR count). The third kappa shape index (κ3) is 35.7. The van der Waals surface area contributed by atoms with Crippen LogP contribution in [0.2, 0.25) is 0 Å². The molecule has 0 fully saturated rings. The summed E-state index contributed by atoms with van der Waals surface area (Å²) in [6, 6.07) is 18.8. The number of phenols is 1. The fourth-order valence-corrected chi connectivity index (χ4v) is 16.2. The Morgan fingerprint density at radius 1 is 0.210 bits per heavy atom. The number of ether oxygens (including phenoxy) is 3. The Balaban J connectivity index is 1.90. The van der Waals surface area contributed by atoms with Crippen molar-refractivity contribution in [1.82, 2.24) is 0 Å². The molecule has 4 aromatic carbocycles. The highest BCUT2D eigenvalue weighted by molar-refractivity contribution is 5.50. The monoisotopic (exact) mass is 1380 g/mol. The molecule has 100 heavy (non-hydrogen) atoms. The van der Waals surface area contributed by atoms with Crippen LogP contribution in [0.15, 0.2) is 48.5 Å². The van der Waals surface area contributed by atoms with Crippen molar-refractivity contribution < 1.29 is 19.3 Å². The lowest BCUT2D eigenvalue weighted by Gasteiger charge is -2.27. The molecule has 3 atom stereocenters. The number of phenolic OH excluding ortho intramolecular Hbond substituents is 1. The maximum Gasteiger partial charge on any atom is 0.123 e. The van der Waals surface area contributed by atoms with Crippen LogP contribution in [0, 0.1) is 0 Å². The molecule has 0 aliphatic rings. The van der Waals surface area contributed by atoms with Gasteiger partial charge in [-0.25, -0.2) is 0 Å². The summed E-state index contributed by atoms with van der Waals surface area (Å²) in [7, 11) is 0. The van der Waals surface area contributed by atoms with Crippen molar-refractivity contribution in [3.8, 4) is 23.0 Å². The van der Waals surface area contributed by atoms with Crippen molar-refractivity contribution in [2.75, 3.05) is 0 Å². The Hall–Kier alpha value is -3.92. The molecule has 4 nitrogen and oxygen atoms in total. The topological polar surface area (TPSA) is 47.9 Å². The highest BCUT2D eigenvalue weighted by atomic mass is 16.5. The van der Waals surface area contributed by atoms with Gasteiger partial charge in [0.2, 0.25) is 0 Å². The highest BCUT2D eigenvalue weighted by Crippen LogP contribution is 2.38. The van der Waals surface area contributed by atoms with Crippen LogP contribution < -0.4 is 14.2 Å². The van der Waals surface area contributed by atoms with E-state index in [4.69, 9.17) is 14.2 Å². The van der Waals surface area contributed by atoms with E-state index in [1.165, 1.54) is 323 Å². The SMILES string of the molecule is CCCCCCCc1ccc(OC(C)Cc2ccc(O)c(CC(C)Oc3ccc(CCCCCCC)c(CCCCCCC)c3CCCCCCC)c2CC(C)Oc2ccc(CCCCCCC)c(CCCCCCC)c2CCCCCCC)c(CCCCCCC)c1CCCCCCC. The summed E-state index contributed by atoms with van der Waals surface area (Å²) in [5.41, 5.74) is 17.4. The lowest BCUT2D eigenvalue weighted by Crippen LogP contribution is -2.24. The molecule has 0 saturated carbocycles. The quantitative estimate of drug-likeness (QED) is 0.0448. The first kappa shape index (κ1) is 88.5. The van der Waals surface area contributed by atoms with Gasteiger partial charge in [0.1, 0.15) is 29.1 Å². The minimum Gasteiger partial charge on any atom is -0.508 e. The third-order valence-electron chi connectivity index (χ3n) is 22.3. The molecule has 0 saturated heterocycles. The predicted molar refractivity (Wildman–Crippen MR) is 441 cm³/mol. The van der Waals surface area contributed by atoms with E-state index in [1.807, 2.05) is 6.07 Å². The smallest absolute Gasteiger partial charge is 0.123 e. The normalized spacial score (nSPS) is 12.6. The number of aromatic hydroxyl groups is 1. The van der Waals surface area contributed by atoms with Gasteiger partial charge in [-0.3, -0.25) is 0 Å². The van der Waals surface area contributed by atoms with Gasteiger partial charge in [0.25, 0.3) is 0 Å². The summed E-state index contributed by atoms with van der Waals surface area (Å²) >= 11 is 0. The molecule has 0 aliphatic carbocycles. The van der Waals surface area contributed by atoms with E-state index >= 15 is 0 Å². The summed E-state index contributed by atoms with van der Waals surface area (Å²) < 4.78 is 22.5. The molecule has 1 N–H and O–H groups in total. The summed E-state index contributed by atoms with van der Waals surface area (Å²) in [6.07, 6.45) is 69.8. The number of hydrogen-bond acceptors (Lipinski definition) is 4. The number of rotatable bonds is 66. The molecular formula is C96H162O4. The van der Waals surface area contributed by atoms with Crippen molar-refractivity contribution in [3.63, 3.8) is 0 Å². The molecule has 0 amide bonds. The average molecular weight is 1380 g/mol. The zero-order chi connectivity index (χ0) is 72.1. The van der Waals surface area contributed by atoms with Crippen LogP contribution >= 0.6 is 0 Å². The predicted octanol–water partition coefficient (Wildman–Crippen LogP) is 30.0. The van der Waals surface area contributed by atoms with E-state index in [9.17, 15) is 5.11 Å². The highest BCUT2D eigenvalue weighted by Gasteiger charge is 2.26. The Bertz CT molecular complexity index is 2640. The van der Waals surface area contributed by atoms with Crippen molar-refractivity contribution in [2.45, 2.75) is 467 Å². The van der Waals surface area contributed by atoms with Crippen molar-refractivity contribution in [3.05, 3.63) is 115 Å². The summed E-state index contributed by atoms with van der Waals surface area (Å²) in [6.45, 7) is 27.9. The van der Waals surface area contributed by atoms with Crippen LogP contribution in [0.25, 0.3) is 0 Å². The summed E-state index contributed by atoms with van der Waals surface area (Å²) in [5.74, 6) is 3.66. The van der Waals surface area contributed by atoms with Crippen LogP contribution in [0.5, 0.6) is 23.0 Å². The molecular weight excluding hydrogens is 1220 g/mol. The fourth-order valence-electron chi connectivity index (χ4n) is 16.2. The maximum atomic E-state index is 12.6. The first-order valence-electron chi connectivity index (χ1n) is 44.2. The van der Waals surface area contributed by atoms with Gasteiger partial charge in [-0.05, 0) is 222 Å². The minimum absolute atomic E-state index is 0.0867. The lowest BCUT2D eigenvalue weighted by molar-refractivity contribution is 0.208. The number of unbranched alkanes of at least 4 members (excludes halogenated alkanes) is 36. The Morgan fingerprint density at radius 2 is 0.420 bits per heavy atom. The van der Waals surface area contributed by atoms with Crippen LogP contribution in [0.4, 0.5) is 0 Å². The van der Waals surface area contributed by atoms with Crippen LogP contribution in [0.1, 0.15) is 439 Å². The molecule has 4 aromatic rings. The average Bonchev–Trinajstić information content (AvgIpc) is 0.808. The molecule has 0 bridgehead atoms. The number of benzene rings is 4. The molecule has 0 spiro atoms. The lowest BCUT2D eigenvalue weighted by atomic mass is 9.88. The maximum absolute atomic E-state index is 12.6. The summed E-state index contributed by atoms with van der Waals surface area (Å²) in [5, 5.41) is 12.6. The zero-order valence-electron chi connectivity index (χ0n) is 68.3. The Morgan fingerprint density at radius 3 is 0.680 bits per heavy atom. The first-order valence-corrected chi connectivity index (χ1v) is 44.2. The second-order valence-corrected chi connectivity index (χ2v) is 31.6. The van der Waals surface area contributed by atoms with E-state index < -0.39 is 0 Å². The van der Waals surface area contributed by atoms with Gasteiger partial charge in [-0.1, -0.05) is 318 Å². The van der Waals surface area contributed by atoms with Gasteiger partial charge in [-0.2, -0.15) is 0 Å². The molecule has 0 radical (unpaired) electrons. The molecule has 570 valence electrons. The van der Waals surface area contributed by atoms with E-state index in [1.54, 1.807) is 33.4 Å². The van der Waals surface area contributed by atoms with E-state index in [0.29, 0.717) is 18.6 Å². The third-order valence-corrected chi connectivity index (χ3v) is 22.3. The van der Waals surface area contributed by atoms with Crippen LogP contribution in [-0.2, 0) is 77.0 Å². The van der Waals surface area contributed by atoms with Gasteiger partial charge in [0.05, 0.1) is 12.2 Å². The number of hydrogen-bond donors (Lipinski definition) is 1. The molecule has 4 heteroatoms. The second kappa shape index (κ2) is 57.4.